The minimum absolute atomic E-state index is 0.00607. The molecule has 1 aliphatic rings. The summed E-state index contributed by atoms with van der Waals surface area (Å²) in [5, 5.41) is 8.72. The van der Waals surface area contributed by atoms with Gasteiger partial charge in [-0.2, -0.15) is 0 Å². The number of nitrogens with one attached hydrogen (secondary N) is 3. The highest BCUT2D eigenvalue weighted by molar-refractivity contribution is 5.90. The van der Waals surface area contributed by atoms with Gasteiger partial charge >= 0.3 is 0 Å². The van der Waals surface area contributed by atoms with E-state index in [0.717, 1.165) is 5.56 Å². The maximum absolute atomic E-state index is 14.2. The number of amides is 4. The van der Waals surface area contributed by atoms with Crippen LogP contribution < -0.4 is 16.0 Å². The molecule has 0 saturated carbocycles. The molecule has 1 fully saturated rings. The molecule has 0 bridgehead atoms. The number of rotatable bonds is 22. The minimum Gasteiger partial charge on any atom is -0.379 e. The fraction of sp³-hybridized carbons (Fsp3) is 0.718. The van der Waals surface area contributed by atoms with Crippen LogP contribution in [0, 0.1) is 17.8 Å². The van der Waals surface area contributed by atoms with Crippen molar-refractivity contribution in [3.8, 4) is 0 Å². The van der Waals surface area contributed by atoms with Gasteiger partial charge in [0, 0.05) is 42.0 Å². The first kappa shape index (κ1) is 45.7. The second-order valence-corrected chi connectivity index (χ2v) is 14.7. The highest BCUT2D eigenvalue weighted by Crippen LogP contribution is 2.27. The van der Waals surface area contributed by atoms with Gasteiger partial charge in [-0.1, -0.05) is 78.3 Å². The van der Waals surface area contributed by atoms with Crippen LogP contribution in [-0.4, -0.2) is 143 Å². The second-order valence-electron chi connectivity index (χ2n) is 14.7. The molecule has 0 radical (unpaired) electrons. The number of carbonyl (C=O) groups excluding carboxylic acids is 5. The quantitative estimate of drug-likeness (QED) is 0.149. The molecule has 300 valence electrons. The summed E-state index contributed by atoms with van der Waals surface area (Å²) < 4.78 is 23.3. The van der Waals surface area contributed by atoms with E-state index in [2.05, 4.69) is 16.0 Å². The molecule has 53 heavy (non-hydrogen) atoms. The number of benzene rings is 1. The Bertz CT molecular complexity index is 1320. The third-order valence-corrected chi connectivity index (χ3v) is 10.4. The Labute approximate surface area is 316 Å². The van der Waals surface area contributed by atoms with Crippen molar-refractivity contribution < 1.29 is 42.9 Å². The van der Waals surface area contributed by atoms with Crippen molar-refractivity contribution in [3.63, 3.8) is 0 Å². The van der Waals surface area contributed by atoms with Crippen LogP contribution in [0.25, 0.3) is 0 Å². The molecule has 14 nitrogen and oxygen atoms in total. The molecule has 0 aromatic heterocycles. The molecule has 3 N–H and O–H groups in total. The Morgan fingerprint density at radius 3 is 2.02 bits per heavy atom. The number of ether oxygens (including phenoxy) is 4. The molecule has 1 aromatic rings. The lowest BCUT2D eigenvalue weighted by atomic mass is 9.89. The van der Waals surface area contributed by atoms with Crippen LogP contribution in [0.15, 0.2) is 30.3 Å². The lowest BCUT2D eigenvalue weighted by Crippen LogP contribution is -2.59. The van der Waals surface area contributed by atoms with Gasteiger partial charge in [0.15, 0.2) is 6.10 Å². The van der Waals surface area contributed by atoms with E-state index in [4.69, 9.17) is 18.9 Å². The Balaban J connectivity index is 2.18. The molecule has 1 heterocycles. The molecule has 10 atom stereocenters. The Hall–Kier alpha value is -3.43. The SMILES string of the molecule is CC[C@H](C)[C@@H](C(CC(=O)NC[C@H]1O[C@H](C(=O)N[C@H](C=O)Cc2ccccc2)[C@@H](OC)[C@@H]1OC)OC)N(C)C(=O)[C@H](C(C)C)N(C)C(=O)[C@@H](NC)C(C)C. The maximum atomic E-state index is 14.2. The Morgan fingerprint density at radius 1 is 0.906 bits per heavy atom. The predicted molar refractivity (Wildman–Crippen MR) is 202 cm³/mol. The molecular formula is C39H65N5O9. The van der Waals surface area contributed by atoms with Crippen molar-refractivity contribution in [3.05, 3.63) is 35.9 Å². The summed E-state index contributed by atoms with van der Waals surface area (Å²) in [5.74, 6) is -1.48. The summed E-state index contributed by atoms with van der Waals surface area (Å²) in [7, 11) is 9.53. The number of likely N-dealkylation sites (N-methyl/N-ethyl adjacent to an activating group) is 3. The minimum atomic E-state index is -1.09. The van der Waals surface area contributed by atoms with Crippen LogP contribution in [0.5, 0.6) is 0 Å². The third kappa shape index (κ3) is 12.0. The number of carbonyl (C=O) groups is 5. The Morgan fingerprint density at radius 2 is 1.53 bits per heavy atom. The number of hydrogen-bond donors (Lipinski definition) is 3. The molecule has 14 heteroatoms. The second kappa shape index (κ2) is 22.1. The van der Waals surface area contributed by atoms with Crippen LogP contribution >= 0.6 is 0 Å². The summed E-state index contributed by atoms with van der Waals surface area (Å²) in [4.78, 5) is 69.6. The van der Waals surface area contributed by atoms with Crippen molar-refractivity contribution in [1.82, 2.24) is 25.8 Å². The van der Waals surface area contributed by atoms with E-state index >= 15 is 0 Å². The molecule has 0 spiro atoms. The zero-order valence-electron chi connectivity index (χ0n) is 33.8. The molecule has 0 aliphatic carbocycles. The van der Waals surface area contributed by atoms with Gasteiger partial charge in [0.1, 0.15) is 30.6 Å². The molecule has 1 saturated heterocycles. The molecule has 1 aromatic carbocycles. The van der Waals surface area contributed by atoms with E-state index in [1.807, 2.05) is 71.9 Å². The average molecular weight is 748 g/mol. The molecule has 1 unspecified atom stereocenters. The number of methoxy groups -OCH3 is 3. The van der Waals surface area contributed by atoms with Crippen molar-refractivity contribution in [1.29, 1.82) is 0 Å². The van der Waals surface area contributed by atoms with Gasteiger partial charge in [-0.05, 0) is 36.8 Å². The van der Waals surface area contributed by atoms with Crippen LogP contribution in [-0.2, 0) is 49.3 Å². The van der Waals surface area contributed by atoms with Crippen molar-refractivity contribution in [2.75, 3.05) is 49.0 Å². The van der Waals surface area contributed by atoms with Crippen LogP contribution in [0.3, 0.4) is 0 Å². The Kier molecular flexibility index (Phi) is 19.0. The standard InChI is InChI=1S/C39H65N5O9/c1-13-25(6)33(44(9)39(49)32(24(4)5)43(8)38(48)31(40-7)23(2)3)28(50-10)20-30(46)41-21-29-34(51-11)35(52-12)36(53-29)37(47)42-27(22-45)19-26-17-15-14-16-18-26/h14-18,22-25,27-29,31-36,40H,13,19-21H2,1-12H3,(H,41,46)(H,42,47)/t25-,27-,28?,29+,31-,32-,33-,34+,35-,36-/m0/s1. The molecule has 1 aliphatic heterocycles. The third-order valence-electron chi connectivity index (χ3n) is 10.4. The van der Waals surface area contributed by atoms with E-state index in [1.165, 1.54) is 26.2 Å². The van der Waals surface area contributed by atoms with E-state index in [9.17, 15) is 24.0 Å². The van der Waals surface area contributed by atoms with Crippen molar-refractivity contribution in [2.24, 2.45) is 17.8 Å². The van der Waals surface area contributed by atoms with Gasteiger partial charge in [-0.3, -0.25) is 19.2 Å². The van der Waals surface area contributed by atoms with Gasteiger partial charge in [0.2, 0.25) is 17.7 Å². The van der Waals surface area contributed by atoms with E-state index in [-0.39, 0.29) is 48.4 Å². The fourth-order valence-corrected chi connectivity index (χ4v) is 7.32. The highest BCUT2D eigenvalue weighted by atomic mass is 16.6. The monoisotopic (exact) mass is 747 g/mol. The highest BCUT2D eigenvalue weighted by Gasteiger charge is 2.49. The lowest BCUT2D eigenvalue weighted by molar-refractivity contribution is -0.152. The van der Waals surface area contributed by atoms with E-state index < -0.39 is 60.6 Å². The summed E-state index contributed by atoms with van der Waals surface area (Å²) in [5.41, 5.74) is 0.892. The number of hydrogen-bond acceptors (Lipinski definition) is 10. The van der Waals surface area contributed by atoms with Gasteiger partial charge < -0.3 is 49.5 Å². The largest absolute Gasteiger partial charge is 0.379 e. The van der Waals surface area contributed by atoms with Gasteiger partial charge in [0.25, 0.3) is 5.91 Å². The van der Waals surface area contributed by atoms with E-state index in [0.29, 0.717) is 19.1 Å². The summed E-state index contributed by atoms with van der Waals surface area (Å²) >= 11 is 0. The topological polar surface area (TPSA) is 165 Å². The number of aldehydes is 1. The van der Waals surface area contributed by atoms with Crippen molar-refractivity contribution in [2.45, 2.75) is 115 Å². The van der Waals surface area contributed by atoms with Crippen LogP contribution in [0.4, 0.5) is 0 Å². The van der Waals surface area contributed by atoms with Gasteiger partial charge in [-0.25, -0.2) is 0 Å². The molecule has 2 rings (SSSR count). The van der Waals surface area contributed by atoms with Crippen LogP contribution in [0.2, 0.25) is 0 Å². The van der Waals surface area contributed by atoms with Gasteiger partial charge in [0.05, 0.1) is 30.7 Å². The zero-order chi connectivity index (χ0) is 40.0. The normalized spacial score (nSPS) is 22.0. The first-order valence-corrected chi connectivity index (χ1v) is 18.6. The molecular weight excluding hydrogens is 682 g/mol. The van der Waals surface area contributed by atoms with Crippen LogP contribution in [0.1, 0.15) is 59.9 Å². The van der Waals surface area contributed by atoms with Crippen molar-refractivity contribution >= 4 is 29.9 Å². The summed E-state index contributed by atoms with van der Waals surface area (Å²) in [6.07, 6.45) is -2.35. The molecule has 4 amide bonds. The predicted octanol–water partition coefficient (Wildman–Crippen LogP) is 1.83. The number of nitrogens with zero attached hydrogens (tertiary/aromatic N) is 2. The fourth-order valence-electron chi connectivity index (χ4n) is 7.32. The maximum Gasteiger partial charge on any atom is 0.252 e. The summed E-state index contributed by atoms with van der Waals surface area (Å²) in [6.45, 7) is 11.8. The average Bonchev–Trinajstić information content (AvgIpc) is 3.51. The van der Waals surface area contributed by atoms with Gasteiger partial charge in [-0.15, -0.1) is 0 Å². The first-order chi connectivity index (χ1) is 25.1. The zero-order valence-corrected chi connectivity index (χ0v) is 33.8. The smallest absolute Gasteiger partial charge is 0.252 e. The van der Waals surface area contributed by atoms with E-state index in [1.54, 1.807) is 26.0 Å². The lowest BCUT2D eigenvalue weighted by Gasteiger charge is -2.42. The first-order valence-electron chi connectivity index (χ1n) is 18.6. The summed E-state index contributed by atoms with van der Waals surface area (Å²) in [6, 6.07) is 6.90.